The number of fused-ring (bicyclic) bond motifs is 1. The molecule has 2 heterocycles. The lowest BCUT2D eigenvalue weighted by molar-refractivity contribution is -0.143. The van der Waals surface area contributed by atoms with Crippen molar-refractivity contribution in [2.75, 3.05) is 18.9 Å². The zero-order valence-electron chi connectivity index (χ0n) is 18.6. The molecule has 2 aromatic heterocycles. The number of nitrogen functional groups attached to an aromatic ring is 1. The van der Waals surface area contributed by atoms with Crippen molar-refractivity contribution in [3.05, 3.63) is 46.5 Å². The topological polar surface area (TPSA) is 164 Å². The third-order valence-electron chi connectivity index (χ3n) is 4.84. The van der Waals surface area contributed by atoms with E-state index in [-0.39, 0.29) is 52.2 Å². The van der Waals surface area contributed by atoms with Crippen molar-refractivity contribution in [3.8, 4) is 0 Å². The molecule has 0 aliphatic rings. The standard InChI is InChI=1S/C21H24N4O7S/c1-5-30-21(27)17-13(4)32-20-18(17)19(22)24-15(25-20)10-31-16(26)9-23-33(28,29)14-7-6-11(2)12(3)8-14/h6-8,23H,5,9-10H2,1-4H3,(H2,22,24,25). The number of aryl methyl sites for hydroxylation is 3. The zero-order valence-corrected chi connectivity index (χ0v) is 19.4. The van der Waals surface area contributed by atoms with Gasteiger partial charge >= 0.3 is 11.9 Å². The summed E-state index contributed by atoms with van der Waals surface area (Å²) in [6.07, 6.45) is 0. The van der Waals surface area contributed by atoms with Gasteiger partial charge in [0.1, 0.15) is 23.7 Å². The van der Waals surface area contributed by atoms with Crippen LogP contribution in [0.2, 0.25) is 0 Å². The molecule has 0 radical (unpaired) electrons. The summed E-state index contributed by atoms with van der Waals surface area (Å²) in [5.41, 5.74) is 7.90. The molecule has 0 aliphatic carbocycles. The summed E-state index contributed by atoms with van der Waals surface area (Å²) < 4.78 is 42.5. The van der Waals surface area contributed by atoms with Gasteiger partial charge in [0, 0.05) is 0 Å². The van der Waals surface area contributed by atoms with Gasteiger partial charge in [0.2, 0.25) is 15.7 Å². The highest BCUT2D eigenvalue weighted by molar-refractivity contribution is 7.89. The second-order valence-corrected chi connectivity index (χ2v) is 8.96. The number of nitrogens with one attached hydrogen (secondary N) is 1. The van der Waals surface area contributed by atoms with Crippen LogP contribution in [-0.4, -0.2) is 43.5 Å². The third-order valence-corrected chi connectivity index (χ3v) is 6.24. The number of hydrogen-bond acceptors (Lipinski definition) is 10. The summed E-state index contributed by atoms with van der Waals surface area (Å²) in [7, 11) is -3.89. The Morgan fingerprint density at radius 1 is 1.12 bits per heavy atom. The SMILES string of the molecule is CCOC(=O)c1c(C)oc2nc(COC(=O)CNS(=O)(=O)c3ccc(C)c(C)c3)nc(N)c12. The minimum atomic E-state index is -3.89. The molecular formula is C21H24N4O7S. The Labute approximate surface area is 190 Å². The Morgan fingerprint density at radius 3 is 2.52 bits per heavy atom. The Morgan fingerprint density at radius 2 is 1.85 bits per heavy atom. The number of furan rings is 1. The normalized spacial score (nSPS) is 11.5. The Hall–Kier alpha value is -3.51. The first kappa shape index (κ1) is 24.1. The van der Waals surface area contributed by atoms with Crippen LogP contribution in [0.25, 0.3) is 11.1 Å². The smallest absolute Gasteiger partial charge is 0.342 e. The van der Waals surface area contributed by atoms with Gasteiger partial charge in [0.05, 0.1) is 16.9 Å². The molecule has 0 amide bonds. The van der Waals surface area contributed by atoms with Crippen molar-refractivity contribution in [1.29, 1.82) is 0 Å². The van der Waals surface area contributed by atoms with Crippen molar-refractivity contribution in [2.24, 2.45) is 0 Å². The number of nitrogens with zero attached hydrogens (tertiary/aromatic N) is 2. The maximum absolute atomic E-state index is 12.4. The minimum Gasteiger partial charge on any atom is -0.462 e. The number of carbonyl (C=O) groups excluding carboxylic acids is 2. The lowest BCUT2D eigenvalue weighted by atomic mass is 10.1. The fourth-order valence-corrected chi connectivity index (χ4v) is 4.07. The van der Waals surface area contributed by atoms with Crippen LogP contribution < -0.4 is 10.5 Å². The van der Waals surface area contributed by atoms with Crippen LogP contribution in [0.15, 0.2) is 27.5 Å². The van der Waals surface area contributed by atoms with Crippen LogP contribution in [0.1, 0.15) is 40.0 Å². The predicted molar refractivity (Wildman–Crippen MR) is 118 cm³/mol. The molecule has 1 aromatic carbocycles. The monoisotopic (exact) mass is 476 g/mol. The molecule has 0 unspecified atom stereocenters. The average molecular weight is 477 g/mol. The summed E-state index contributed by atoms with van der Waals surface area (Å²) in [5.74, 6) is -1.21. The second kappa shape index (κ2) is 9.55. The number of esters is 2. The molecule has 176 valence electrons. The molecular weight excluding hydrogens is 452 g/mol. The van der Waals surface area contributed by atoms with E-state index in [1.54, 1.807) is 26.8 Å². The van der Waals surface area contributed by atoms with E-state index in [1.807, 2.05) is 6.92 Å². The molecule has 11 nitrogen and oxygen atoms in total. The predicted octanol–water partition coefficient (Wildman–Crippen LogP) is 1.93. The van der Waals surface area contributed by atoms with Crippen LogP contribution >= 0.6 is 0 Å². The molecule has 0 saturated heterocycles. The number of carbonyl (C=O) groups is 2. The molecule has 3 aromatic rings. The minimum absolute atomic E-state index is 0.0227. The number of anilines is 1. The molecule has 12 heteroatoms. The van der Waals surface area contributed by atoms with Gasteiger partial charge in [0.15, 0.2) is 12.4 Å². The molecule has 3 rings (SSSR count). The van der Waals surface area contributed by atoms with Gasteiger partial charge in [-0.2, -0.15) is 9.71 Å². The van der Waals surface area contributed by atoms with Gasteiger partial charge < -0.3 is 19.6 Å². The summed E-state index contributed by atoms with van der Waals surface area (Å²) in [4.78, 5) is 32.4. The maximum Gasteiger partial charge on any atom is 0.342 e. The van der Waals surface area contributed by atoms with Crippen molar-refractivity contribution < 1.29 is 31.9 Å². The van der Waals surface area contributed by atoms with Crippen LogP contribution in [0.4, 0.5) is 5.82 Å². The first-order chi connectivity index (χ1) is 15.5. The summed E-state index contributed by atoms with van der Waals surface area (Å²) in [6, 6.07) is 4.66. The van der Waals surface area contributed by atoms with Crippen molar-refractivity contribution in [3.63, 3.8) is 0 Å². The molecule has 0 aliphatic heterocycles. The summed E-state index contributed by atoms with van der Waals surface area (Å²) in [6.45, 7) is 6.11. The van der Waals surface area contributed by atoms with E-state index >= 15 is 0 Å². The van der Waals surface area contributed by atoms with E-state index in [9.17, 15) is 18.0 Å². The van der Waals surface area contributed by atoms with Gasteiger partial charge in [0.25, 0.3) is 0 Å². The van der Waals surface area contributed by atoms with Crippen LogP contribution in [0.5, 0.6) is 0 Å². The molecule has 0 saturated carbocycles. The lowest BCUT2D eigenvalue weighted by Gasteiger charge is -2.09. The molecule has 0 bridgehead atoms. The molecule has 3 N–H and O–H groups in total. The maximum atomic E-state index is 12.4. The van der Waals surface area contributed by atoms with Crippen LogP contribution in [0.3, 0.4) is 0 Å². The number of nitrogens with two attached hydrogens (primary N) is 1. The van der Waals surface area contributed by atoms with Gasteiger partial charge in [-0.05, 0) is 51.0 Å². The van der Waals surface area contributed by atoms with Crippen LogP contribution in [0, 0.1) is 20.8 Å². The number of benzene rings is 1. The molecule has 0 atom stereocenters. The first-order valence-corrected chi connectivity index (χ1v) is 11.5. The molecule has 0 spiro atoms. The number of aromatic nitrogens is 2. The quantitative estimate of drug-likeness (QED) is 0.459. The highest BCUT2D eigenvalue weighted by atomic mass is 32.2. The largest absolute Gasteiger partial charge is 0.462 e. The van der Waals surface area contributed by atoms with E-state index in [2.05, 4.69) is 14.7 Å². The lowest BCUT2D eigenvalue weighted by Crippen LogP contribution is -2.30. The number of ether oxygens (including phenoxy) is 2. The number of rotatable bonds is 8. The fraction of sp³-hybridized carbons (Fsp3) is 0.333. The van der Waals surface area contributed by atoms with E-state index in [0.717, 1.165) is 11.1 Å². The first-order valence-electron chi connectivity index (χ1n) is 9.98. The average Bonchev–Trinajstić information content (AvgIpc) is 3.09. The van der Waals surface area contributed by atoms with Crippen molar-refractivity contribution in [2.45, 2.75) is 39.2 Å². The highest BCUT2D eigenvalue weighted by Crippen LogP contribution is 2.29. The Bertz CT molecular complexity index is 1330. The van der Waals surface area contributed by atoms with Crippen molar-refractivity contribution >= 4 is 38.9 Å². The molecule has 33 heavy (non-hydrogen) atoms. The van der Waals surface area contributed by atoms with E-state index in [0.29, 0.717) is 0 Å². The van der Waals surface area contributed by atoms with Gasteiger partial charge in [-0.25, -0.2) is 18.2 Å². The highest BCUT2D eigenvalue weighted by Gasteiger charge is 2.24. The van der Waals surface area contributed by atoms with E-state index in [4.69, 9.17) is 19.6 Å². The zero-order chi connectivity index (χ0) is 24.3. The van der Waals surface area contributed by atoms with Crippen LogP contribution in [-0.2, 0) is 30.9 Å². The number of hydrogen-bond donors (Lipinski definition) is 2. The third kappa shape index (κ3) is 5.29. The van der Waals surface area contributed by atoms with Gasteiger partial charge in [-0.15, -0.1) is 0 Å². The van der Waals surface area contributed by atoms with E-state index in [1.165, 1.54) is 12.1 Å². The van der Waals surface area contributed by atoms with Crippen molar-refractivity contribution in [1.82, 2.24) is 14.7 Å². The van der Waals surface area contributed by atoms with Gasteiger partial charge in [-0.1, -0.05) is 6.07 Å². The second-order valence-electron chi connectivity index (χ2n) is 7.19. The molecule has 0 fully saturated rings. The fourth-order valence-electron chi connectivity index (χ4n) is 3.01. The Balaban J connectivity index is 1.67. The van der Waals surface area contributed by atoms with E-state index < -0.39 is 28.5 Å². The Kier molecular flexibility index (Phi) is 6.98. The summed E-state index contributed by atoms with van der Waals surface area (Å²) in [5, 5.41) is 0.210. The summed E-state index contributed by atoms with van der Waals surface area (Å²) >= 11 is 0. The number of sulfonamides is 1. The van der Waals surface area contributed by atoms with Gasteiger partial charge in [-0.3, -0.25) is 4.79 Å².